The third-order valence-electron chi connectivity index (χ3n) is 7.59. The Morgan fingerprint density at radius 2 is 2.03 bits per heavy atom. The summed E-state index contributed by atoms with van der Waals surface area (Å²) in [7, 11) is -1.75. The third-order valence-corrected chi connectivity index (χ3v) is 9.89. The Kier molecular flexibility index (Phi) is 8.25. The SMILES string of the molecule is CN(Cc1ccccc1)CC1C2CC2CN1C(=O)CN1CCC[C@H](NS(=O)(=O)/C=C/c2ccc(Cl)s2)C1=O. The molecule has 2 aromatic rings. The molecule has 2 amide bonds. The van der Waals surface area contributed by atoms with Crippen LogP contribution in [0.5, 0.6) is 0 Å². The zero-order valence-electron chi connectivity index (χ0n) is 21.3. The molecule has 1 saturated carbocycles. The minimum atomic E-state index is -3.84. The van der Waals surface area contributed by atoms with E-state index in [0.717, 1.165) is 31.5 Å². The fraction of sp³-hybridized carbons (Fsp3) is 0.481. The van der Waals surface area contributed by atoms with E-state index >= 15 is 0 Å². The van der Waals surface area contributed by atoms with Crippen LogP contribution in [0.1, 0.15) is 29.7 Å². The van der Waals surface area contributed by atoms with Crippen molar-refractivity contribution in [2.24, 2.45) is 11.8 Å². The highest BCUT2D eigenvalue weighted by atomic mass is 35.5. The number of likely N-dealkylation sites (N-methyl/N-ethyl adjacent to an activating group) is 1. The maximum Gasteiger partial charge on any atom is 0.242 e. The standard InChI is InChI=1S/C27H33ClN4O4S2/c1-30(15-19-6-3-2-4-7-19)17-24-22-14-20(22)16-32(24)26(33)18-31-12-5-8-23(27(31)34)29-38(35,36)13-11-21-9-10-25(28)37-21/h2-4,6-7,9-11,13,20,22-24,29H,5,8,12,14-18H2,1H3/b13-11+/t20?,22?,23-,24?/m0/s1. The number of amides is 2. The highest BCUT2D eigenvalue weighted by Crippen LogP contribution is 2.49. The zero-order valence-corrected chi connectivity index (χ0v) is 23.7. The first-order chi connectivity index (χ1) is 18.2. The van der Waals surface area contributed by atoms with E-state index in [9.17, 15) is 18.0 Å². The number of nitrogens with zero attached hydrogens (tertiary/aromatic N) is 3. The average Bonchev–Trinajstić information content (AvgIpc) is 3.38. The molecule has 3 heterocycles. The van der Waals surface area contributed by atoms with Crippen molar-refractivity contribution in [1.29, 1.82) is 0 Å². The molecule has 5 rings (SSSR count). The van der Waals surface area contributed by atoms with Crippen LogP contribution in [-0.2, 0) is 26.2 Å². The number of carbonyl (C=O) groups is 2. The molecular formula is C27H33ClN4O4S2. The van der Waals surface area contributed by atoms with Gasteiger partial charge in [-0.2, -0.15) is 4.72 Å². The van der Waals surface area contributed by atoms with Crippen molar-refractivity contribution in [3.05, 3.63) is 62.6 Å². The van der Waals surface area contributed by atoms with Gasteiger partial charge in [-0.3, -0.25) is 9.59 Å². The number of rotatable bonds is 10. The normalized spacial score (nSPS) is 25.4. The van der Waals surface area contributed by atoms with Crippen molar-refractivity contribution in [2.45, 2.75) is 37.9 Å². The van der Waals surface area contributed by atoms with Crippen LogP contribution in [-0.4, -0.2) is 80.2 Å². The lowest BCUT2D eigenvalue weighted by Gasteiger charge is -2.35. The number of sulfonamides is 1. The maximum atomic E-state index is 13.4. The number of benzene rings is 1. The van der Waals surface area contributed by atoms with Gasteiger partial charge in [0.15, 0.2) is 0 Å². The summed E-state index contributed by atoms with van der Waals surface area (Å²) in [6, 6.07) is 13.0. The van der Waals surface area contributed by atoms with E-state index in [4.69, 9.17) is 11.6 Å². The first kappa shape index (κ1) is 27.3. The number of thiophene rings is 1. The van der Waals surface area contributed by atoms with Crippen LogP contribution in [0.2, 0.25) is 4.34 Å². The Balaban J connectivity index is 1.17. The second kappa shape index (κ2) is 11.5. The monoisotopic (exact) mass is 576 g/mol. The second-order valence-corrected chi connectivity index (χ2v) is 13.9. The average molecular weight is 577 g/mol. The predicted molar refractivity (Wildman–Crippen MR) is 150 cm³/mol. The number of nitrogens with one attached hydrogen (secondary N) is 1. The molecule has 3 aliphatic rings. The smallest absolute Gasteiger partial charge is 0.242 e. The Morgan fingerprint density at radius 3 is 2.76 bits per heavy atom. The van der Waals surface area contributed by atoms with Crippen LogP contribution in [0.4, 0.5) is 0 Å². The summed E-state index contributed by atoms with van der Waals surface area (Å²) in [5, 5.41) is 1.06. The highest BCUT2D eigenvalue weighted by Gasteiger charge is 2.54. The predicted octanol–water partition coefficient (Wildman–Crippen LogP) is 3.26. The van der Waals surface area contributed by atoms with Crippen LogP contribution in [0.15, 0.2) is 47.9 Å². The molecule has 0 radical (unpaired) electrons. The summed E-state index contributed by atoms with van der Waals surface area (Å²) in [4.78, 5) is 33.0. The van der Waals surface area contributed by atoms with Gasteiger partial charge in [0.25, 0.3) is 0 Å². The molecule has 204 valence electrons. The fourth-order valence-electron chi connectivity index (χ4n) is 5.64. The van der Waals surface area contributed by atoms with Crippen molar-refractivity contribution in [2.75, 3.05) is 33.2 Å². The van der Waals surface area contributed by atoms with Gasteiger partial charge < -0.3 is 14.7 Å². The molecule has 0 bridgehead atoms. The van der Waals surface area contributed by atoms with E-state index in [1.54, 1.807) is 12.1 Å². The molecule has 38 heavy (non-hydrogen) atoms. The van der Waals surface area contributed by atoms with Gasteiger partial charge in [-0.05, 0) is 61.9 Å². The summed E-state index contributed by atoms with van der Waals surface area (Å²) in [6.45, 7) is 2.78. The van der Waals surface area contributed by atoms with E-state index in [-0.39, 0.29) is 24.4 Å². The Labute approximate surface area is 233 Å². The summed E-state index contributed by atoms with van der Waals surface area (Å²) >= 11 is 7.17. The lowest BCUT2D eigenvalue weighted by atomic mass is 10.1. The topological polar surface area (TPSA) is 90.0 Å². The highest BCUT2D eigenvalue weighted by molar-refractivity contribution is 7.92. The summed E-state index contributed by atoms with van der Waals surface area (Å²) in [5.74, 6) is 0.680. The van der Waals surface area contributed by atoms with Crippen molar-refractivity contribution >= 4 is 50.9 Å². The van der Waals surface area contributed by atoms with Gasteiger partial charge in [0, 0.05) is 42.5 Å². The molecule has 2 saturated heterocycles. The molecular weight excluding hydrogens is 544 g/mol. The van der Waals surface area contributed by atoms with Gasteiger partial charge in [0.1, 0.15) is 6.04 Å². The van der Waals surface area contributed by atoms with Crippen LogP contribution in [0.25, 0.3) is 6.08 Å². The fourth-order valence-corrected chi connectivity index (χ4v) is 7.71. The minimum absolute atomic E-state index is 0.0149. The first-order valence-corrected chi connectivity index (χ1v) is 15.7. The van der Waals surface area contributed by atoms with Gasteiger partial charge in [0.05, 0.1) is 10.9 Å². The van der Waals surface area contributed by atoms with Gasteiger partial charge in [-0.25, -0.2) is 8.42 Å². The largest absolute Gasteiger partial charge is 0.336 e. The van der Waals surface area contributed by atoms with Crippen molar-refractivity contribution in [3.63, 3.8) is 0 Å². The van der Waals surface area contributed by atoms with E-state index in [1.807, 2.05) is 23.1 Å². The number of hydrogen-bond acceptors (Lipinski definition) is 6. The summed E-state index contributed by atoms with van der Waals surface area (Å²) < 4.78 is 28.3. The van der Waals surface area contributed by atoms with Crippen molar-refractivity contribution < 1.29 is 18.0 Å². The molecule has 1 aromatic heterocycles. The van der Waals surface area contributed by atoms with E-state index in [2.05, 4.69) is 28.8 Å². The molecule has 3 fully saturated rings. The molecule has 1 aliphatic carbocycles. The Morgan fingerprint density at radius 1 is 1.24 bits per heavy atom. The van der Waals surface area contributed by atoms with Crippen molar-refractivity contribution in [3.8, 4) is 0 Å². The number of piperidine rings is 2. The Bertz CT molecular complexity index is 1300. The molecule has 4 atom stereocenters. The zero-order chi connectivity index (χ0) is 26.9. The number of hydrogen-bond donors (Lipinski definition) is 1. The molecule has 3 unspecified atom stereocenters. The molecule has 11 heteroatoms. The molecule has 2 aliphatic heterocycles. The van der Waals surface area contributed by atoms with Gasteiger partial charge in [0.2, 0.25) is 21.8 Å². The third kappa shape index (κ3) is 6.66. The number of likely N-dealkylation sites (tertiary alicyclic amines) is 2. The van der Waals surface area contributed by atoms with Crippen molar-refractivity contribution in [1.82, 2.24) is 19.4 Å². The first-order valence-electron chi connectivity index (χ1n) is 12.9. The summed E-state index contributed by atoms with van der Waals surface area (Å²) in [5.41, 5.74) is 1.24. The lowest BCUT2D eigenvalue weighted by molar-refractivity contribution is -0.144. The molecule has 0 spiro atoms. The summed E-state index contributed by atoms with van der Waals surface area (Å²) in [6.07, 6.45) is 3.65. The van der Waals surface area contributed by atoms with Gasteiger partial charge in [-0.15, -0.1) is 11.3 Å². The van der Waals surface area contributed by atoms with Crippen LogP contribution in [0, 0.1) is 11.8 Å². The van der Waals surface area contributed by atoms with Crippen LogP contribution >= 0.6 is 22.9 Å². The van der Waals surface area contributed by atoms with E-state index < -0.39 is 16.1 Å². The minimum Gasteiger partial charge on any atom is -0.336 e. The molecule has 1 N–H and O–H groups in total. The van der Waals surface area contributed by atoms with Crippen LogP contribution < -0.4 is 4.72 Å². The molecule has 8 nitrogen and oxygen atoms in total. The quantitative estimate of drug-likeness (QED) is 0.469. The number of halogens is 1. The van der Waals surface area contributed by atoms with Gasteiger partial charge >= 0.3 is 0 Å². The lowest BCUT2D eigenvalue weighted by Crippen LogP contribution is -2.55. The molecule has 1 aromatic carbocycles. The second-order valence-electron chi connectivity index (χ2n) is 10.5. The number of fused-ring (bicyclic) bond motifs is 1. The van der Waals surface area contributed by atoms with Crippen LogP contribution in [0.3, 0.4) is 0 Å². The Hall–Kier alpha value is -2.24. The van der Waals surface area contributed by atoms with E-state index in [0.29, 0.717) is 40.4 Å². The maximum absolute atomic E-state index is 13.4. The van der Waals surface area contributed by atoms with Gasteiger partial charge in [-0.1, -0.05) is 41.9 Å². The number of carbonyl (C=O) groups excluding carboxylic acids is 2. The van der Waals surface area contributed by atoms with E-state index in [1.165, 1.54) is 27.9 Å².